The molecule has 1 aromatic heterocycles. The fourth-order valence-electron chi connectivity index (χ4n) is 2.75. The van der Waals surface area contributed by atoms with Crippen molar-refractivity contribution in [1.82, 2.24) is 13.9 Å². The van der Waals surface area contributed by atoms with Crippen LogP contribution in [0.5, 0.6) is 5.75 Å². The highest BCUT2D eigenvalue weighted by molar-refractivity contribution is 8.04. The summed E-state index contributed by atoms with van der Waals surface area (Å²) < 4.78 is 59.3. The number of nitrogens with one attached hydrogen (secondary N) is 1. The lowest BCUT2D eigenvalue weighted by Gasteiger charge is -2.14. The molecule has 0 aliphatic carbocycles. The van der Waals surface area contributed by atoms with Crippen molar-refractivity contribution >= 4 is 20.0 Å². The van der Waals surface area contributed by atoms with Crippen LogP contribution < -0.4 is 8.86 Å². The first kappa shape index (κ1) is 20.4. The van der Waals surface area contributed by atoms with Crippen LogP contribution in [0.2, 0.25) is 0 Å². The van der Waals surface area contributed by atoms with Gasteiger partial charge in [-0.1, -0.05) is 13.0 Å². The largest absolute Gasteiger partial charge is 0.495 e. The lowest BCUT2D eigenvalue weighted by atomic mass is 10.1. The average molecular weight is 402 g/mol. The standard InChI is InChI=1S/C16H23N3O5S2/c1-6-7-19-10-15(13(4)17-19)25(20,21)18-26(22,23)16-12(3)8-11(2)9-14(16)24-5/h8-10,18H,6-7H2,1-5H3. The molecule has 2 aromatic rings. The van der Waals surface area contributed by atoms with Crippen LogP contribution in [0.4, 0.5) is 0 Å². The summed E-state index contributed by atoms with van der Waals surface area (Å²) in [4.78, 5) is -0.369. The summed E-state index contributed by atoms with van der Waals surface area (Å²) in [5.41, 5.74) is 1.43. The maximum atomic E-state index is 12.8. The zero-order chi connectivity index (χ0) is 19.7. The van der Waals surface area contributed by atoms with E-state index in [4.69, 9.17) is 4.74 Å². The second kappa shape index (κ2) is 7.37. The predicted molar refractivity (Wildman–Crippen MR) is 97.2 cm³/mol. The number of aromatic nitrogens is 2. The Bertz CT molecular complexity index is 1020. The normalized spacial score (nSPS) is 12.3. The van der Waals surface area contributed by atoms with E-state index in [0.717, 1.165) is 12.0 Å². The van der Waals surface area contributed by atoms with E-state index in [1.165, 1.54) is 24.9 Å². The number of benzene rings is 1. The fraction of sp³-hybridized carbons (Fsp3) is 0.438. The molecule has 1 N–H and O–H groups in total. The van der Waals surface area contributed by atoms with Crippen molar-refractivity contribution in [2.45, 2.75) is 50.5 Å². The van der Waals surface area contributed by atoms with Gasteiger partial charge in [-0.15, -0.1) is 4.13 Å². The van der Waals surface area contributed by atoms with E-state index >= 15 is 0 Å². The van der Waals surface area contributed by atoms with Gasteiger partial charge in [0.1, 0.15) is 15.5 Å². The zero-order valence-corrected chi connectivity index (χ0v) is 17.0. The highest BCUT2D eigenvalue weighted by atomic mass is 32.3. The molecule has 144 valence electrons. The molecule has 0 atom stereocenters. The van der Waals surface area contributed by atoms with Gasteiger partial charge < -0.3 is 4.74 Å². The molecule has 0 aliphatic rings. The third-order valence-corrected chi connectivity index (χ3v) is 7.53. The van der Waals surface area contributed by atoms with E-state index in [2.05, 4.69) is 5.10 Å². The minimum atomic E-state index is -4.38. The van der Waals surface area contributed by atoms with Gasteiger partial charge in [0.05, 0.1) is 12.8 Å². The maximum Gasteiger partial charge on any atom is 0.257 e. The second-order valence-corrected chi connectivity index (χ2v) is 9.57. The quantitative estimate of drug-likeness (QED) is 0.759. The predicted octanol–water partition coefficient (Wildman–Crippen LogP) is 1.89. The number of aryl methyl sites for hydroxylation is 4. The zero-order valence-electron chi connectivity index (χ0n) is 15.4. The van der Waals surface area contributed by atoms with Crippen LogP contribution in [0.25, 0.3) is 0 Å². The van der Waals surface area contributed by atoms with E-state index < -0.39 is 20.0 Å². The Hall–Kier alpha value is -1.91. The molecule has 1 aromatic carbocycles. The first-order valence-corrected chi connectivity index (χ1v) is 11.0. The van der Waals surface area contributed by atoms with Gasteiger partial charge in [0, 0.05) is 12.7 Å². The summed E-state index contributed by atoms with van der Waals surface area (Å²) in [6, 6.07) is 3.19. The molecule has 0 radical (unpaired) electrons. The van der Waals surface area contributed by atoms with Crippen molar-refractivity contribution in [3.63, 3.8) is 0 Å². The molecule has 2 rings (SSSR count). The van der Waals surface area contributed by atoms with Crippen molar-refractivity contribution in [3.05, 3.63) is 35.2 Å². The summed E-state index contributed by atoms with van der Waals surface area (Å²) in [5, 5.41) is 4.11. The molecule has 10 heteroatoms. The first-order valence-electron chi connectivity index (χ1n) is 7.99. The topological polar surface area (TPSA) is 107 Å². The van der Waals surface area contributed by atoms with E-state index in [-0.39, 0.29) is 21.2 Å². The monoisotopic (exact) mass is 401 g/mol. The molecule has 0 bridgehead atoms. The Kier molecular flexibility index (Phi) is 5.79. The van der Waals surface area contributed by atoms with E-state index in [0.29, 0.717) is 12.1 Å². The third kappa shape index (κ3) is 4.08. The minimum Gasteiger partial charge on any atom is -0.495 e. The van der Waals surface area contributed by atoms with Crippen LogP contribution in [0.3, 0.4) is 0 Å². The molecule has 26 heavy (non-hydrogen) atoms. The van der Waals surface area contributed by atoms with Gasteiger partial charge in [0.2, 0.25) is 0 Å². The van der Waals surface area contributed by atoms with E-state index in [1.807, 2.05) is 11.1 Å². The van der Waals surface area contributed by atoms with Crippen molar-refractivity contribution in [1.29, 1.82) is 0 Å². The third-order valence-electron chi connectivity index (χ3n) is 3.74. The highest BCUT2D eigenvalue weighted by Gasteiger charge is 2.31. The van der Waals surface area contributed by atoms with Gasteiger partial charge in [-0.2, -0.15) is 5.10 Å². The summed E-state index contributed by atoms with van der Waals surface area (Å²) >= 11 is 0. The molecule has 0 fully saturated rings. The van der Waals surface area contributed by atoms with Gasteiger partial charge in [0.15, 0.2) is 0 Å². The van der Waals surface area contributed by atoms with Gasteiger partial charge in [-0.05, 0) is 44.4 Å². The van der Waals surface area contributed by atoms with E-state index in [1.54, 1.807) is 26.0 Å². The Morgan fingerprint density at radius 3 is 2.35 bits per heavy atom. The highest BCUT2D eigenvalue weighted by Crippen LogP contribution is 2.29. The number of ether oxygens (including phenoxy) is 1. The molecule has 0 spiro atoms. The van der Waals surface area contributed by atoms with Crippen molar-refractivity contribution in [3.8, 4) is 5.75 Å². The van der Waals surface area contributed by atoms with Crippen LogP contribution in [0.15, 0.2) is 28.1 Å². The number of methoxy groups -OCH3 is 1. The molecular weight excluding hydrogens is 378 g/mol. The molecule has 8 nitrogen and oxygen atoms in total. The molecule has 0 unspecified atom stereocenters. The van der Waals surface area contributed by atoms with Gasteiger partial charge in [-0.3, -0.25) is 4.68 Å². The Labute approximate surface area is 154 Å². The van der Waals surface area contributed by atoms with Gasteiger partial charge >= 0.3 is 0 Å². The molecule has 1 heterocycles. The maximum absolute atomic E-state index is 12.8. The van der Waals surface area contributed by atoms with Gasteiger partial charge in [0.25, 0.3) is 20.0 Å². The summed E-state index contributed by atoms with van der Waals surface area (Å²) in [6.07, 6.45) is 2.10. The second-order valence-electron chi connectivity index (χ2n) is 6.05. The summed E-state index contributed by atoms with van der Waals surface area (Å²) in [5.74, 6) is 0.0867. The summed E-state index contributed by atoms with van der Waals surface area (Å²) in [7, 11) is -7.37. The van der Waals surface area contributed by atoms with Crippen LogP contribution in [0, 0.1) is 20.8 Å². The number of rotatable bonds is 7. The number of hydrogen-bond acceptors (Lipinski definition) is 6. The van der Waals surface area contributed by atoms with Gasteiger partial charge in [-0.25, -0.2) is 16.8 Å². The number of hydrogen-bond donors (Lipinski definition) is 1. The van der Waals surface area contributed by atoms with Crippen LogP contribution in [-0.4, -0.2) is 33.7 Å². The van der Waals surface area contributed by atoms with Crippen molar-refractivity contribution < 1.29 is 21.6 Å². The molecule has 0 amide bonds. The first-order chi connectivity index (χ1) is 12.0. The molecule has 0 aliphatic heterocycles. The van der Waals surface area contributed by atoms with Crippen LogP contribution in [-0.2, 0) is 26.6 Å². The molecular formula is C16H23N3O5S2. The molecule has 0 saturated heterocycles. The Morgan fingerprint density at radius 2 is 1.77 bits per heavy atom. The Balaban J connectivity index is 2.50. The van der Waals surface area contributed by atoms with Crippen molar-refractivity contribution in [2.24, 2.45) is 0 Å². The van der Waals surface area contributed by atoms with Crippen LogP contribution in [0.1, 0.15) is 30.2 Å². The lowest BCUT2D eigenvalue weighted by Crippen LogP contribution is -2.31. The average Bonchev–Trinajstić information content (AvgIpc) is 2.86. The SMILES string of the molecule is CCCn1cc(S(=O)(=O)NS(=O)(=O)c2c(C)cc(C)cc2OC)c(C)n1. The van der Waals surface area contributed by atoms with Crippen LogP contribution >= 0.6 is 0 Å². The molecule has 0 saturated carbocycles. The number of sulfonamides is 2. The lowest BCUT2D eigenvalue weighted by molar-refractivity contribution is 0.401. The van der Waals surface area contributed by atoms with E-state index in [9.17, 15) is 16.8 Å². The minimum absolute atomic E-state index is 0.0867. The van der Waals surface area contributed by atoms with Crippen molar-refractivity contribution in [2.75, 3.05) is 7.11 Å². The smallest absolute Gasteiger partial charge is 0.257 e. The number of nitrogens with zero attached hydrogens (tertiary/aromatic N) is 2. The Morgan fingerprint density at radius 1 is 1.12 bits per heavy atom. The fourth-order valence-corrected chi connectivity index (χ4v) is 6.18. The summed E-state index contributed by atoms with van der Waals surface area (Å²) in [6.45, 7) is 7.36.